The summed E-state index contributed by atoms with van der Waals surface area (Å²) < 4.78 is 58.2. The highest BCUT2D eigenvalue weighted by Crippen LogP contribution is 2.39. The number of rotatable bonds is 7. The molecule has 0 aromatic heterocycles. The molecule has 170 valence electrons. The summed E-state index contributed by atoms with van der Waals surface area (Å²) in [5, 5.41) is 1.28. The highest BCUT2D eigenvalue weighted by molar-refractivity contribution is 5.89. The van der Waals surface area contributed by atoms with Gasteiger partial charge in [-0.2, -0.15) is 8.78 Å². The first kappa shape index (κ1) is 22.6. The molecule has 1 nitrogen and oxygen atoms in total. The Kier molecular flexibility index (Phi) is 7.02. The second-order valence-corrected chi connectivity index (χ2v) is 8.79. The van der Waals surface area contributed by atoms with Crippen LogP contribution in [-0.4, -0.2) is 6.61 Å². The van der Waals surface area contributed by atoms with Gasteiger partial charge in [-0.05, 0) is 66.2 Å². The lowest BCUT2D eigenvalue weighted by molar-refractivity contribution is -0.0521. The zero-order valence-electron chi connectivity index (χ0n) is 18.2. The number of hydrogen-bond donors (Lipinski definition) is 0. The number of fused-ring (bicyclic) bond motifs is 1. The molecule has 0 aliphatic heterocycles. The first-order chi connectivity index (χ1) is 15.5. The van der Waals surface area contributed by atoms with Crippen LogP contribution in [-0.2, 0) is 0 Å². The zero-order valence-corrected chi connectivity index (χ0v) is 18.2. The Morgan fingerprint density at radius 2 is 1.72 bits per heavy atom. The summed E-state index contributed by atoms with van der Waals surface area (Å²) in [6.45, 7) is -0.883. The van der Waals surface area contributed by atoms with Crippen molar-refractivity contribution in [2.75, 3.05) is 0 Å². The molecule has 3 aromatic rings. The Bertz CT molecular complexity index is 1070. The molecule has 0 N–H and O–H groups in total. The fraction of sp³-hybridized carbons (Fsp3) is 0.407. The minimum atomic E-state index is -3.12. The predicted octanol–water partition coefficient (Wildman–Crippen LogP) is 8.85. The second kappa shape index (κ2) is 9.93. The van der Waals surface area contributed by atoms with E-state index in [0.717, 1.165) is 23.4 Å². The van der Waals surface area contributed by atoms with Crippen LogP contribution in [0, 0.1) is 17.6 Å². The molecular weight excluding hydrogens is 416 g/mol. The third-order valence-corrected chi connectivity index (χ3v) is 6.72. The lowest BCUT2D eigenvalue weighted by Gasteiger charge is -2.29. The molecule has 32 heavy (non-hydrogen) atoms. The Morgan fingerprint density at radius 1 is 0.938 bits per heavy atom. The summed E-state index contributed by atoms with van der Waals surface area (Å²) in [5.74, 6) is -0.605. The molecule has 0 spiro atoms. The van der Waals surface area contributed by atoms with Crippen LogP contribution in [0.15, 0.2) is 48.5 Å². The van der Waals surface area contributed by atoms with Gasteiger partial charge >= 0.3 is 6.61 Å². The smallest absolute Gasteiger partial charge is 0.387 e. The van der Waals surface area contributed by atoms with Gasteiger partial charge in [-0.15, -0.1) is 0 Å². The van der Waals surface area contributed by atoms with Crippen molar-refractivity contribution in [2.45, 2.75) is 64.4 Å². The van der Waals surface area contributed by atoms with Crippen molar-refractivity contribution < 1.29 is 22.3 Å². The third-order valence-electron chi connectivity index (χ3n) is 6.72. The molecule has 0 bridgehead atoms. The monoisotopic (exact) mass is 444 g/mol. The highest BCUT2D eigenvalue weighted by Gasteiger charge is 2.22. The van der Waals surface area contributed by atoms with Gasteiger partial charge in [-0.1, -0.05) is 62.6 Å². The second-order valence-electron chi connectivity index (χ2n) is 8.79. The van der Waals surface area contributed by atoms with E-state index >= 15 is 4.39 Å². The Balaban J connectivity index is 1.55. The van der Waals surface area contributed by atoms with E-state index in [-0.39, 0.29) is 11.1 Å². The average molecular weight is 445 g/mol. The van der Waals surface area contributed by atoms with E-state index in [4.69, 9.17) is 0 Å². The maximum Gasteiger partial charge on any atom is 0.387 e. The molecule has 4 rings (SSSR count). The van der Waals surface area contributed by atoms with Crippen LogP contribution in [0.25, 0.3) is 21.9 Å². The first-order valence-electron chi connectivity index (χ1n) is 11.4. The quantitative estimate of drug-likeness (QED) is 0.331. The number of ether oxygens (including phenoxy) is 1. The molecule has 0 amide bonds. The zero-order chi connectivity index (χ0) is 22.7. The van der Waals surface area contributed by atoms with Crippen molar-refractivity contribution in [3.8, 4) is 16.9 Å². The fourth-order valence-corrected chi connectivity index (χ4v) is 4.92. The number of alkyl halides is 2. The summed E-state index contributed by atoms with van der Waals surface area (Å²) in [5.41, 5.74) is 1.75. The summed E-state index contributed by atoms with van der Waals surface area (Å²) in [7, 11) is 0. The number of halogens is 4. The lowest BCUT2D eigenvalue weighted by Crippen LogP contribution is -2.13. The van der Waals surface area contributed by atoms with Gasteiger partial charge in [0.2, 0.25) is 0 Å². The molecule has 0 heterocycles. The van der Waals surface area contributed by atoms with E-state index in [1.165, 1.54) is 56.6 Å². The minimum absolute atomic E-state index is 0.226. The summed E-state index contributed by atoms with van der Waals surface area (Å²) in [6, 6.07) is 12.8. The van der Waals surface area contributed by atoms with E-state index in [2.05, 4.69) is 17.7 Å². The fourth-order valence-electron chi connectivity index (χ4n) is 4.92. The van der Waals surface area contributed by atoms with Gasteiger partial charge in [0.15, 0.2) is 11.6 Å². The molecule has 3 aromatic carbocycles. The van der Waals surface area contributed by atoms with Crippen LogP contribution in [0.3, 0.4) is 0 Å². The number of benzene rings is 3. The summed E-state index contributed by atoms with van der Waals surface area (Å²) in [4.78, 5) is 0. The molecule has 1 aliphatic carbocycles. The molecular formula is C27H28F4O. The molecule has 0 saturated heterocycles. The van der Waals surface area contributed by atoms with Crippen LogP contribution in [0.2, 0.25) is 0 Å². The first-order valence-corrected chi connectivity index (χ1v) is 11.4. The van der Waals surface area contributed by atoms with Gasteiger partial charge in [0.25, 0.3) is 0 Å². The minimum Gasteiger partial charge on any atom is -0.432 e. The molecule has 1 fully saturated rings. The largest absolute Gasteiger partial charge is 0.432 e. The van der Waals surface area contributed by atoms with Gasteiger partial charge in [0.05, 0.1) is 0 Å². The van der Waals surface area contributed by atoms with Crippen molar-refractivity contribution in [2.24, 2.45) is 5.92 Å². The van der Waals surface area contributed by atoms with E-state index in [1.807, 2.05) is 12.1 Å². The van der Waals surface area contributed by atoms with Crippen molar-refractivity contribution in [1.82, 2.24) is 0 Å². The normalized spacial score (nSPS) is 18.9. The van der Waals surface area contributed by atoms with Crippen LogP contribution in [0.4, 0.5) is 17.6 Å². The van der Waals surface area contributed by atoms with Crippen LogP contribution >= 0.6 is 0 Å². The maximum atomic E-state index is 15.3. The average Bonchev–Trinajstić information content (AvgIpc) is 2.79. The Labute approximate surface area is 186 Å². The third kappa shape index (κ3) is 4.92. The van der Waals surface area contributed by atoms with Crippen LogP contribution in [0.1, 0.15) is 63.4 Å². The Hall–Kier alpha value is -2.56. The maximum absolute atomic E-state index is 15.3. The molecule has 5 heteroatoms. The van der Waals surface area contributed by atoms with E-state index in [9.17, 15) is 13.2 Å². The molecule has 0 atom stereocenters. The topological polar surface area (TPSA) is 9.23 Å². The summed E-state index contributed by atoms with van der Waals surface area (Å²) in [6.07, 6.45) is 8.74. The highest BCUT2D eigenvalue weighted by atomic mass is 19.3. The Morgan fingerprint density at radius 3 is 2.41 bits per heavy atom. The van der Waals surface area contributed by atoms with Gasteiger partial charge in [-0.25, -0.2) is 8.78 Å². The predicted molar refractivity (Wildman–Crippen MR) is 120 cm³/mol. The van der Waals surface area contributed by atoms with Crippen molar-refractivity contribution in [3.05, 3.63) is 65.7 Å². The van der Waals surface area contributed by atoms with Gasteiger partial charge < -0.3 is 4.74 Å². The van der Waals surface area contributed by atoms with Crippen molar-refractivity contribution in [3.63, 3.8) is 0 Å². The molecule has 0 radical (unpaired) electrons. The van der Waals surface area contributed by atoms with E-state index in [1.54, 1.807) is 12.1 Å². The van der Waals surface area contributed by atoms with E-state index < -0.39 is 24.0 Å². The van der Waals surface area contributed by atoms with Gasteiger partial charge in [-0.3, -0.25) is 0 Å². The van der Waals surface area contributed by atoms with E-state index in [0.29, 0.717) is 11.3 Å². The van der Waals surface area contributed by atoms with Crippen molar-refractivity contribution in [1.29, 1.82) is 0 Å². The molecule has 1 saturated carbocycles. The SMILES string of the molecule is CCCC[C@H]1CC[C@H](c2ccc3c(F)c(-c4ccc(OC(F)F)c(F)c4)ccc3c2)CC1. The van der Waals surface area contributed by atoms with Crippen molar-refractivity contribution >= 4 is 10.8 Å². The van der Waals surface area contributed by atoms with Gasteiger partial charge in [0, 0.05) is 10.9 Å². The van der Waals surface area contributed by atoms with Crippen LogP contribution < -0.4 is 4.74 Å². The lowest BCUT2D eigenvalue weighted by atomic mass is 9.77. The van der Waals surface area contributed by atoms with Crippen LogP contribution in [0.5, 0.6) is 5.75 Å². The number of hydrogen-bond acceptors (Lipinski definition) is 1. The standard InChI is InChI=1S/C27H28F4O/c1-2-3-4-17-5-7-18(8-6-17)19-9-12-22-20(15-19)10-13-23(26(22)29)21-11-14-25(24(28)16-21)32-27(30)31/h9-18,27H,2-8H2,1H3/t17-,18-. The molecule has 1 aliphatic rings. The molecule has 0 unspecified atom stereocenters. The van der Waals surface area contributed by atoms with Gasteiger partial charge in [0.1, 0.15) is 5.82 Å². The summed E-state index contributed by atoms with van der Waals surface area (Å²) >= 11 is 0. The number of unbranched alkanes of at least 4 members (excludes halogenated alkanes) is 1.